The summed E-state index contributed by atoms with van der Waals surface area (Å²) in [5.41, 5.74) is 3.44. The second kappa shape index (κ2) is 9.63. The molecule has 0 amide bonds. The van der Waals surface area contributed by atoms with Gasteiger partial charge in [-0.2, -0.15) is 34.5 Å². The normalized spacial score (nSPS) is 11.7. The van der Waals surface area contributed by atoms with Crippen molar-refractivity contribution in [2.75, 3.05) is 10.6 Å². The summed E-state index contributed by atoms with van der Waals surface area (Å²) in [6, 6.07) is 14.8. The molecule has 190 valence electrons. The van der Waals surface area contributed by atoms with Crippen LogP contribution in [0.1, 0.15) is 11.1 Å². The number of hydrogen-bond donors (Lipinski definition) is 2. The minimum Gasteiger partial charge on any atom is -0.364 e. The molecule has 12 heteroatoms. The average molecular weight is 533 g/mol. The maximum atomic E-state index is 13.2. The van der Waals surface area contributed by atoms with Gasteiger partial charge in [0.2, 0.25) is 5.95 Å². The molecule has 0 aliphatic carbocycles. The fourth-order valence-electron chi connectivity index (χ4n) is 3.96. The molecule has 2 N–H and O–H groups in total. The molecule has 0 aliphatic heterocycles. The highest BCUT2D eigenvalue weighted by molar-refractivity contribution is 7.08. The second-order valence-corrected chi connectivity index (χ2v) is 9.14. The summed E-state index contributed by atoms with van der Waals surface area (Å²) in [6.45, 7) is 0.125. The molecular formula is C26H19F3N8S. The zero-order valence-electron chi connectivity index (χ0n) is 19.6. The minimum atomic E-state index is -4.41. The van der Waals surface area contributed by atoms with Crippen molar-refractivity contribution in [1.29, 1.82) is 0 Å². The SMILES string of the molecule is FC(F)(F)c1cccc(CNc2nc(Nc3ccc(-n4ccnc4)cc3)nc3c2ncn3-c2ccsc2)c1. The Morgan fingerprint density at radius 2 is 1.82 bits per heavy atom. The number of nitrogens with zero attached hydrogens (tertiary/aromatic N) is 6. The van der Waals surface area contributed by atoms with E-state index >= 15 is 0 Å². The van der Waals surface area contributed by atoms with Gasteiger partial charge in [-0.05, 0) is 53.4 Å². The Morgan fingerprint density at radius 1 is 0.947 bits per heavy atom. The van der Waals surface area contributed by atoms with Crippen LogP contribution < -0.4 is 10.6 Å². The van der Waals surface area contributed by atoms with Crippen molar-refractivity contribution in [2.24, 2.45) is 0 Å². The number of imidazole rings is 2. The van der Waals surface area contributed by atoms with Crippen LogP contribution in [0.15, 0.2) is 90.4 Å². The molecule has 0 saturated heterocycles. The van der Waals surface area contributed by atoms with Crippen molar-refractivity contribution in [1.82, 2.24) is 29.1 Å². The highest BCUT2D eigenvalue weighted by Gasteiger charge is 2.30. The van der Waals surface area contributed by atoms with Gasteiger partial charge in [-0.3, -0.25) is 4.57 Å². The van der Waals surface area contributed by atoms with Crippen LogP contribution in [-0.4, -0.2) is 29.1 Å². The van der Waals surface area contributed by atoms with Crippen LogP contribution in [0.25, 0.3) is 22.5 Å². The number of benzene rings is 2. The number of hydrogen-bond acceptors (Lipinski definition) is 7. The second-order valence-electron chi connectivity index (χ2n) is 8.36. The standard InChI is InChI=1S/C26H19F3N8S/c27-26(28,29)18-3-1-2-17(12-18)13-31-23-22-24(37(16-32-22)21-8-11-38-14-21)35-25(34-23)33-19-4-6-20(7-5-19)36-10-9-30-15-36/h1-12,14-16H,13H2,(H2,31,33,34,35). The lowest BCUT2D eigenvalue weighted by molar-refractivity contribution is -0.137. The van der Waals surface area contributed by atoms with Gasteiger partial charge in [0, 0.05) is 35.7 Å². The number of alkyl halides is 3. The molecule has 4 aromatic heterocycles. The van der Waals surface area contributed by atoms with E-state index in [1.165, 1.54) is 6.07 Å². The predicted octanol–water partition coefficient (Wildman–Crippen LogP) is 6.44. The lowest BCUT2D eigenvalue weighted by Gasteiger charge is -2.12. The molecule has 6 aromatic rings. The Hall–Kier alpha value is -4.71. The summed E-state index contributed by atoms with van der Waals surface area (Å²) in [4.78, 5) is 17.9. The monoisotopic (exact) mass is 532 g/mol. The largest absolute Gasteiger partial charge is 0.416 e. The van der Waals surface area contributed by atoms with Gasteiger partial charge in [0.15, 0.2) is 17.0 Å². The topological polar surface area (TPSA) is 85.5 Å². The lowest BCUT2D eigenvalue weighted by Crippen LogP contribution is -2.09. The van der Waals surface area contributed by atoms with Gasteiger partial charge in [0.05, 0.1) is 17.6 Å². The van der Waals surface area contributed by atoms with Crippen LogP contribution in [0.2, 0.25) is 0 Å². The summed E-state index contributed by atoms with van der Waals surface area (Å²) in [5, 5.41) is 10.3. The van der Waals surface area contributed by atoms with Crippen LogP contribution in [0, 0.1) is 0 Å². The molecule has 0 atom stereocenters. The van der Waals surface area contributed by atoms with E-state index in [0.717, 1.165) is 29.2 Å². The first-order valence-corrected chi connectivity index (χ1v) is 12.4. The molecule has 4 heterocycles. The number of fused-ring (bicyclic) bond motifs is 1. The molecular weight excluding hydrogens is 513 g/mol. The fourth-order valence-corrected chi connectivity index (χ4v) is 4.59. The van der Waals surface area contributed by atoms with E-state index in [-0.39, 0.29) is 6.54 Å². The predicted molar refractivity (Wildman–Crippen MR) is 140 cm³/mol. The third-order valence-electron chi connectivity index (χ3n) is 5.82. The molecule has 8 nitrogen and oxygen atoms in total. The Balaban J connectivity index is 1.33. The molecule has 2 aromatic carbocycles. The summed E-state index contributed by atoms with van der Waals surface area (Å²) >= 11 is 1.55. The number of halogens is 3. The maximum absolute atomic E-state index is 13.2. The molecule has 0 bridgehead atoms. The van der Waals surface area contributed by atoms with Crippen molar-refractivity contribution in [3.8, 4) is 11.4 Å². The third-order valence-corrected chi connectivity index (χ3v) is 6.49. The van der Waals surface area contributed by atoms with Crippen molar-refractivity contribution < 1.29 is 13.2 Å². The highest BCUT2D eigenvalue weighted by atomic mass is 32.1. The smallest absolute Gasteiger partial charge is 0.364 e. The molecule has 0 unspecified atom stereocenters. The van der Waals surface area contributed by atoms with Gasteiger partial charge in [0.1, 0.15) is 6.33 Å². The van der Waals surface area contributed by atoms with Crippen molar-refractivity contribution in [3.63, 3.8) is 0 Å². The number of thiophene rings is 1. The summed E-state index contributed by atoms with van der Waals surface area (Å²) < 4.78 is 43.3. The quantitative estimate of drug-likeness (QED) is 0.246. The maximum Gasteiger partial charge on any atom is 0.416 e. The number of anilines is 3. The van der Waals surface area contributed by atoms with Crippen LogP contribution in [-0.2, 0) is 12.7 Å². The first-order chi connectivity index (χ1) is 18.4. The Morgan fingerprint density at radius 3 is 2.55 bits per heavy atom. The third kappa shape index (κ3) is 4.81. The number of aromatic nitrogens is 6. The van der Waals surface area contributed by atoms with Gasteiger partial charge in [0.25, 0.3) is 0 Å². The van der Waals surface area contributed by atoms with E-state index in [9.17, 15) is 13.2 Å². The van der Waals surface area contributed by atoms with Gasteiger partial charge in [-0.15, -0.1) is 0 Å². The first-order valence-electron chi connectivity index (χ1n) is 11.5. The van der Waals surface area contributed by atoms with Crippen molar-refractivity contribution in [3.05, 3.63) is 102 Å². The van der Waals surface area contributed by atoms with Crippen molar-refractivity contribution in [2.45, 2.75) is 12.7 Å². The average Bonchev–Trinajstić information content (AvgIpc) is 3.69. The Kier molecular flexibility index (Phi) is 6.00. The summed E-state index contributed by atoms with van der Waals surface area (Å²) in [5.74, 6) is 0.718. The van der Waals surface area contributed by atoms with Gasteiger partial charge in [-0.1, -0.05) is 12.1 Å². The first kappa shape index (κ1) is 23.7. The molecule has 6 rings (SSSR count). The fraction of sp³-hybridized carbons (Fsp3) is 0.0769. The molecule has 0 spiro atoms. The summed E-state index contributed by atoms with van der Waals surface area (Å²) in [6.07, 6.45) is 2.52. The van der Waals surface area contributed by atoms with Gasteiger partial charge in [-0.25, -0.2) is 9.97 Å². The molecule has 38 heavy (non-hydrogen) atoms. The Labute approximate surface area is 218 Å². The van der Waals surface area contributed by atoms with E-state index < -0.39 is 11.7 Å². The summed E-state index contributed by atoms with van der Waals surface area (Å²) in [7, 11) is 0. The van der Waals surface area contributed by atoms with Crippen LogP contribution in [0.4, 0.5) is 30.6 Å². The van der Waals surface area contributed by atoms with Gasteiger partial charge < -0.3 is 15.2 Å². The van der Waals surface area contributed by atoms with E-state index in [1.807, 2.05) is 56.4 Å². The zero-order valence-corrected chi connectivity index (χ0v) is 20.4. The van der Waals surface area contributed by atoms with E-state index in [2.05, 4.69) is 25.6 Å². The van der Waals surface area contributed by atoms with E-state index in [0.29, 0.717) is 28.5 Å². The zero-order chi connectivity index (χ0) is 26.1. The molecule has 0 aliphatic rings. The number of nitrogens with one attached hydrogen (secondary N) is 2. The molecule has 0 saturated carbocycles. The van der Waals surface area contributed by atoms with Crippen LogP contribution in [0.3, 0.4) is 0 Å². The van der Waals surface area contributed by atoms with Crippen LogP contribution >= 0.6 is 11.3 Å². The van der Waals surface area contributed by atoms with Gasteiger partial charge >= 0.3 is 6.18 Å². The molecule has 0 fully saturated rings. The van der Waals surface area contributed by atoms with E-state index in [4.69, 9.17) is 4.98 Å². The molecule has 0 radical (unpaired) electrons. The van der Waals surface area contributed by atoms with Crippen LogP contribution in [0.5, 0.6) is 0 Å². The Bertz CT molecular complexity index is 1670. The lowest BCUT2D eigenvalue weighted by atomic mass is 10.1. The van der Waals surface area contributed by atoms with E-state index in [1.54, 1.807) is 36.3 Å². The number of rotatable bonds is 7. The highest BCUT2D eigenvalue weighted by Crippen LogP contribution is 2.30. The minimum absolute atomic E-state index is 0.125. The van der Waals surface area contributed by atoms with Crippen molar-refractivity contribution >= 4 is 40.0 Å².